The van der Waals surface area contributed by atoms with Crippen LogP contribution in [0.2, 0.25) is 5.02 Å². The number of benzene rings is 2. The first-order chi connectivity index (χ1) is 11.7. The molecular formula is C18H20ClN3O2. The van der Waals surface area contributed by atoms with Crippen molar-refractivity contribution in [1.82, 2.24) is 5.01 Å². The molecule has 0 saturated carbocycles. The molecule has 0 unspecified atom stereocenters. The Morgan fingerprint density at radius 3 is 2.46 bits per heavy atom. The maximum absolute atomic E-state index is 10.1. The normalized spacial score (nSPS) is 15.1. The van der Waals surface area contributed by atoms with Gasteiger partial charge in [0.2, 0.25) is 0 Å². The van der Waals surface area contributed by atoms with Gasteiger partial charge < -0.3 is 14.7 Å². The van der Waals surface area contributed by atoms with E-state index >= 15 is 0 Å². The molecule has 1 aliphatic rings. The number of hydrazone groups is 1. The predicted molar refractivity (Wildman–Crippen MR) is 97.5 cm³/mol. The number of aromatic hydroxyl groups is 1. The van der Waals surface area contributed by atoms with Gasteiger partial charge in [-0.2, -0.15) is 5.10 Å². The molecule has 0 aromatic heterocycles. The molecule has 0 amide bonds. The number of phenolic OH excluding ortho intramolecular Hbond substituents is 1. The number of rotatable bonds is 4. The van der Waals surface area contributed by atoms with Crippen molar-refractivity contribution in [3.8, 4) is 11.5 Å². The number of phenols is 1. The highest BCUT2D eigenvalue weighted by Gasteiger charge is 2.15. The Labute approximate surface area is 146 Å². The Kier molecular flexibility index (Phi) is 5.11. The molecule has 1 heterocycles. The molecule has 24 heavy (non-hydrogen) atoms. The first kappa shape index (κ1) is 16.5. The minimum Gasteiger partial charge on any atom is -0.504 e. The number of halogens is 1. The van der Waals surface area contributed by atoms with Crippen LogP contribution >= 0.6 is 11.6 Å². The lowest BCUT2D eigenvalue weighted by Crippen LogP contribution is -2.44. The zero-order chi connectivity index (χ0) is 16.9. The van der Waals surface area contributed by atoms with Gasteiger partial charge in [0.1, 0.15) is 0 Å². The quantitative estimate of drug-likeness (QED) is 0.864. The van der Waals surface area contributed by atoms with Crippen molar-refractivity contribution >= 4 is 23.5 Å². The fraction of sp³-hybridized carbons (Fsp3) is 0.278. The fourth-order valence-electron chi connectivity index (χ4n) is 2.67. The molecule has 1 aliphatic heterocycles. The molecule has 2 aromatic rings. The molecule has 0 aliphatic carbocycles. The third kappa shape index (κ3) is 3.74. The van der Waals surface area contributed by atoms with Gasteiger partial charge in [0, 0.05) is 29.4 Å². The topological polar surface area (TPSA) is 48.3 Å². The smallest absolute Gasteiger partial charge is 0.166 e. The molecule has 1 fully saturated rings. The van der Waals surface area contributed by atoms with Gasteiger partial charge in [-0.05, 0) is 36.4 Å². The number of hydrogen-bond acceptors (Lipinski definition) is 5. The second-order valence-electron chi connectivity index (χ2n) is 5.56. The van der Waals surface area contributed by atoms with Crippen LogP contribution in [0, 0.1) is 0 Å². The summed E-state index contributed by atoms with van der Waals surface area (Å²) in [6.07, 6.45) is 1.68. The Hall–Kier alpha value is -2.40. The van der Waals surface area contributed by atoms with Crippen LogP contribution in [0.15, 0.2) is 47.6 Å². The molecule has 0 atom stereocenters. The maximum Gasteiger partial charge on any atom is 0.166 e. The number of nitrogens with zero attached hydrogens (tertiary/aromatic N) is 3. The fourth-order valence-corrected chi connectivity index (χ4v) is 2.80. The highest BCUT2D eigenvalue weighted by Crippen LogP contribution is 2.28. The van der Waals surface area contributed by atoms with E-state index in [0.717, 1.165) is 31.2 Å². The van der Waals surface area contributed by atoms with Crippen LogP contribution < -0.4 is 9.64 Å². The monoisotopic (exact) mass is 345 g/mol. The van der Waals surface area contributed by atoms with Crippen molar-refractivity contribution in [1.29, 1.82) is 0 Å². The van der Waals surface area contributed by atoms with Gasteiger partial charge in [-0.3, -0.25) is 5.01 Å². The average Bonchev–Trinajstić information content (AvgIpc) is 2.62. The zero-order valence-corrected chi connectivity index (χ0v) is 14.3. The SMILES string of the molecule is COc1cccc(/C=N/N2CCN(c3ccc(Cl)cc3)CC2)c1O. The first-order valence-electron chi connectivity index (χ1n) is 7.83. The van der Waals surface area contributed by atoms with Crippen LogP contribution in [0.1, 0.15) is 5.56 Å². The lowest BCUT2D eigenvalue weighted by molar-refractivity contribution is 0.272. The average molecular weight is 346 g/mol. The molecule has 126 valence electrons. The van der Waals surface area contributed by atoms with Gasteiger partial charge in [-0.15, -0.1) is 0 Å². The standard InChI is InChI=1S/C18H20ClN3O2/c1-24-17-4-2-3-14(18(17)23)13-20-22-11-9-21(10-12-22)16-7-5-15(19)6-8-16/h2-8,13,23H,9-12H2,1H3/b20-13+. The summed E-state index contributed by atoms with van der Waals surface area (Å²) in [5.41, 5.74) is 1.82. The number of anilines is 1. The third-order valence-electron chi connectivity index (χ3n) is 4.06. The first-order valence-corrected chi connectivity index (χ1v) is 8.20. The maximum atomic E-state index is 10.1. The Morgan fingerprint density at radius 2 is 1.79 bits per heavy atom. The largest absolute Gasteiger partial charge is 0.504 e. The van der Waals surface area contributed by atoms with Crippen molar-refractivity contribution in [2.45, 2.75) is 0 Å². The lowest BCUT2D eigenvalue weighted by Gasteiger charge is -2.34. The van der Waals surface area contributed by atoms with E-state index in [2.05, 4.69) is 10.0 Å². The van der Waals surface area contributed by atoms with E-state index in [1.807, 2.05) is 41.4 Å². The molecule has 3 rings (SSSR count). The van der Waals surface area contributed by atoms with Crippen molar-refractivity contribution < 1.29 is 9.84 Å². The van der Waals surface area contributed by atoms with Crippen molar-refractivity contribution in [3.63, 3.8) is 0 Å². The summed E-state index contributed by atoms with van der Waals surface area (Å²) in [7, 11) is 1.53. The number of ether oxygens (including phenoxy) is 1. The van der Waals surface area contributed by atoms with E-state index in [0.29, 0.717) is 11.3 Å². The van der Waals surface area contributed by atoms with Gasteiger partial charge in [0.05, 0.1) is 26.4 Å². The molecule has 0 radical (unpaired) electrons. The van der Waals surface area contributed by atoms with Crippen LogP contribution in [0.4, 0.5) is 5.69 Å². The summed E-state index contributed by atoms with van der Waals surface area (Å²) in [6.45, 7) is 3.43. The Bertz CT molecular complexity index is 711. The lowest BCUT2D eigenvalue weighted by atomic mass is 10.2. The summed E-state index contributed by atoms with van der Waals surface area (Å²) in [6, 6.07) is 13.3. The highest BCUT2D eigenvalue weighted by atomic mass is 35.5. The summed E-state index contributed by atoms with van der Waals surface area (Å²) in [5, 5.41) is 17.3. The molecule has 5 nitrogen and oxygen atoms in total. The highest BCUT2D eigenvalue weighted by molar-refractivity contribution is 6.30. The molecule has 0 spiro atoms. The third-order valence-corrected chi connectivity index (χ3v) is 4.31. The van der Waals surface area contributed by atoms with Crippen LogP contribution in [0.25, 0.3) is 0 Å². The van der Waals surface area contributed by atoms with Gasteiger partial charge in [-0.25, -0.2) is 0 Å². The van der Waals surface area contributed by atoms with Crippen LogP contribution in [0.3, 0.4) is 0 Å². The summed E-state index contributed by atoms with van der Waals surface area (Å²) < 4.78 is 5.11. The second kappa shape index (κ2) is 7.45. The van der Waals surface area contributed by atoms with E-state index in [1.54, 1.807) is 12.3 Å². The molecule has 1 saturated heterocycles. The Balaban J connectivity index is 1.60. The molecule has 0 bridgehead atoms. The van der Waals surface area contributed by atoms with E-state index in [1.165, 1.54) is 12.8 Å². The minimum atomic E-state index is 0.114. The summed E-state index contributed by atoms with van der Waals surface area (Å²) in [4.78, 5) is 2.31. The summed E-state index contributed by atoms with van der Waals surface area (Å²) >= 11 is 5.93. The van der Waals surface area contributed by atoms with Crippen molar-refractivity contribution in [2.24, 2.45) is 5.10 Å². The molecule has 2 aromatic carbocycles. The van der Waals surface area contributed by atoms with E-state index in [4.69, 9.17) is 16.3 Å². The molecular weight excluding hydrogens is 326 g/mol. The van der Waals surface area contributed by atoms with Gasteiger partial charge >= 0.3 is 0 Å². The van der Waals surface area contributed by atoms with E-state index in [9.17, 15) is 5.11 Å². The summed E-state index contributed by atoms with van der Waals surface area (Å²) in [5.74, 6) is 0.565. The molecule has 1 N–H and O–H groups in total. The second-order valence-corrected chi connectivity index (χ2v) is 6.00. The van der Waals surface area contributed by atoms with Crippen LogP contribution in [0.5, 0.6) is 11.5 Å². The minimum absolute atomic E-state index is 0.114. The van der Waals surface area contributed by atoms with Crippen LogP contribution in [-0.4, -0.2) is 49.6 Å². The van der Waals surface area contributed by atoms with Crippen molar-refractivity contribution in [2.75, 3.05) is 38.2 Å². The van der Waals surface area contributed by atoms with Gasteiger partial charge in [0.15, 0.2) is 11.5 Å². The number of piperazine rings is 1. The zero-order valence-electron chi connectivity index (χ0n) is 13.5. The van der Waals surface area contributed by atoms with Crippen LogP contribution in [-0.2, 0) is 0 Å². The molecule has 6 heteroatoms. The van der Waals surface area contributed by atoms with E-state index in [-0.39, 0.29) is 5.75 Å². The van der Waals surface area contributed by atoms with Gasteiger partial charge in [0.25, 0.3) is 0 Å². The predicted octanol–water partition coefficient (Wildman–Crippen LogP) is 3.21. The number of hydrogen-bond donors (Lipinski definition) is 1. The van der Waals surface area contributed by atoms with E-state index < -0.39 is 0 Å². The number of para-hydroxylation sites is 1. The Morgan fingerprint density at radius 1 is 1.08 bits per heavy atom. The van der Waals surface area contributed by atoms with Crippen molar-refractivity contribution in [3.05, 3.63) is 53.1 Å². The number of methoxy groups -OCH3 is 1. The van der Waals surface area contributed by atoms with Gasteiger partial charge in [-0.1, -0.05) is 17.7 Å².